The van der Waals surface area contributed by atoms with Crippen LogP contribution in [0.1, 0.15) is 27.0 Å². The third-order valence-electron chi connectivity index (χ3n) is 6.06. The number of rotatable bonds is 6. The Labute approximate surface area is 203 Å². The molecule has 172 valence electrons. The van der Waals surface area contributed by atoms with Gasteiger partial charge in [0.25, 0.3) is 5.91 Å². The van der Waals surface area contributed by atoms with Gasteiger partial charge >= 0.3 is 0 Å². The molecule has 5 rings (SSSR count). The molecule has 0 saturated heterocycles. The van der Waals surface area contributed by atoms with Gasteiger partial charge in [-0.25, -0.2) is 13.1 Å². The van der Waals surface area contributed by atoms with E-state index in [0.29, 0.717) is 24.1 Å². The van der Waals surface area contributed by atoms with Gasteiger partial charge < -0.3 is 5.32 Å². The van der Waals surface area contributed by atoms with Gasteiger partial charge in [0.15, 0.2) is 0 Å². The molecular formula is C27H24N2O3S2. The highest BCUT2D eigenvalue weighted by molar-refractivity contribution is 7.89. The molecule has 1 amide bonds. The number of aryl methyl sites for hydroxylation is 1. The van der Waals surface area contributed by atoms with E-state index < -0.39 is 10.0 Å². The Balaban J connectivity index is 1.32. The van der Waals surface area contributed by atoms with Crippen molar-refractivity contribution in [3.05, 3.63) is 106 Å². The summed E-state index contributed by atoms with van der Waals surface area (Å²) in [6.07, 6.45) is 1.20. The zero-order valence-electron chi connectivity index (χ0n) is 18.6. The maximum absolute atomic E-state index is 13.2. The van der Waals surface area contributed by atoms with E-state index in [0.717, 1.165) is 27.1 Å². The smallest absolute Gasteiger partial charge is 0.256 e. The Morgan fingerprint density at radius 2 is 1.71 bits per heavy atom. The van der Waals surface area contributed by atoms with Crippen molar-refractivity contribution in [3.8, 4) is 10.4 Å². The summed E-state index contributed by atoms with van der Waals surface area (Å²) in [6.45, 7) is 2.01. The van der Waals surface area contributed by atoms with E-state index >= 15 is 0 Å². The van der Waals surface area contributed by atoms with E-state index in [2.05, 4.69) is 10.0 Å². The van der Waals surface area contributed by atoms with Crippen molar-refractivity contribution in [2.45, 2.75) is 30.7 Å². The molecule has 0 aliphatic heterocycles. The van der Waals surface area contributed by atoms with Crippen molar-refractivity contribution in [3.63, 3.8) is 0 Å². The summed E-state index contributed by atoms with van der Waals surface area (Å²) in [7, 11) is -3.58. The second-order valence-corrected chi connectivity index (χ2v) is 11.1. The molecule has 0 saturated carbocycles. The number of anilines is 1. The van der Waals surface area contributed by atoms with Crippen LogP contribution < -0.4 is 10.0 Å². The standard InChI is InChI=1S/C27H24N2O3S2/c1-18-7-5-10-24(26(18)25-11-6-14-33-25)27(30)28-21-13-12-19-15-22(17-20(19)16-21)29-34(31,32)23-8-3-2-4-9-23/h2-14,16,22,29H,15,17H2,1H3,(H,28,30). The number of carbonyl (C=O) groups is 1. The minimum Gasteiger partial charge on any atom is -0.322 e. The molecule has 1 aliphatic rings. The zero-order chi connectivity index (χ0) is 23.7. The summed E-state index contributed by atoms with van der Waals surface area (Å²) in [5.41, 5.74) is 5.48. The SMILES string of the molecule is Cc1cccc(C(=O)Nc2ccc3c(c2)CC(NS(=O)(=O)c2ccccc2)C3)c1-c1cccs1. The molecule has 1 aliphatic carbocycles. The van der Waals surface area contributed by atoms with Gasteiger partial charge in [0.05, 0.1) is 4.90 Å². The van der Waals surface area contributed by atoms with Crippen molar-refractivity contribution in [1.29, 1.82) is 0 Å². The van der Waals surface area contributed by atoms with Gasteiger partial charge in [-0.2, -0.15) is 0 Å². The highest BCUT2D eigenvalue weighted by Crippen LogP contribution is 2.32. The molecule has 0 spiro atoms. The maximum Gasteiger partial charge on any atom is 0.256 e. The molecule has 5 nitrogen and oxygen atoms in total. The van der Waals surface area contributed by atoms with E-state index in [4.69, 9.17) is 0 Å². The number of fused-ring (bicyclic) bond motifs is 1. The van der Waals surface area contributed by atoms with E-state index in [1.165, 1.54) is 0 Å². The average molecular weight is 489 g/mol. The fourth-order valence-corrected chi connectivity index (χ4v) is 6.58. The van der Waals surface area contributed by atoms with Gasteiger partial charge in [-0.3, -0.25) is 4.79 Å². The number of hydrogen-bond donors (Lipinski definition) is 2. The first-order valence-electron chi connectivity index (χ1n) is 11.0. The van der Waals surface area contributed by atoms with E-state index in [1.54, 1.807) is 41.7 Å². The Bertz CT molecular complexity index is 1450. The number of thiophene rings is 1. The summed E-state index contributed by atoms with van der Waals surface area (Å²) in [4.78, 5) is 14.5. The highest BCUT2D eigenvalue weighted by Gasteiger charge is 2.27. The zero-order valence-corrected chi connectivity index (χ0v) is 20.2. The Kier molecular flexibility index (Phi) is 6.08. The third kappa shape index (κ3) is 4.55. The van der Waals surface area contributed by atoms with Gasteiger partial charge in [-0.1, -0.05) is 42.5 Å². The van der Waals surface area contributed by atoms with Crippen molar-refractivity contribution >= 4 is 33.0 Å². The van der Waals surface area contributed by atoms with Gasteiger partial charge in [0.1, 0.15) is 0 Å². The summed E-state index contributed by atoms with van der Waals surface area (Å²) in [6, 6.07) is 23.7. The van der Waals surface area contributed by atoms with Crippen LogP contribution in [0.4, 0.5) is 5.69 Å². The van der Waals surface area contributed by atoms with Crippen LogP contribution >= 0.6 is 11.3 Å². The van der Waals surface area contributed by atoms with Crippen LogP contribution in [0.3, 0.4) is 0 Å². The number of carbonyl (C=O) groups excluding carboxylic acids is 1. The van der Waals surface area contributed by atoms with Crippen LogP contribution in [0.2, 0.25) is 0 Å². The summed E-state index contributed by atoms with van der Waals surface area (Å²) < 4.78 is 28.2. The summed E-state index contributed by atoms with van der Waals surface area (Å²) in [5, 5.41) is 5.04. The van der Waals surface area contributed by atoms with Gasteiger partial charge in [-0.05, 0) is 78.2 Å². The molecule has 0 radical (unpaired) electrons. The summed E-state index contributed by atoms with van der Waals surface area (Å²) in [5.74, 6) is -0.161. The van der Waals surface area contributed by atoms with Gasteiger partial charge in [0.2, 0.25) is 10.0 Å². The predicted molar refractivity (Wildman–Crippen MR) is 137 cm³/mol. The van der Waals surface area contributed by atoms with E-state index in [1.807, 2.05) is 60.8 Å². The van der Waals surface area contributed by atoms with Crippen LogP contribution in [0, 0.1) is 6.92 Å². The van der Waals surface area contributed by atoms with E-state index in [-0.39, 0.29) is 16.8 Å². The van der Waals surface area contributed by atoms with Crippen LogP contribution in [-0.2, 0) is 22.9 Å². The summed E-state index contributed by atoms with van der Waals surface area (Å²) >= 11 is 1.61. The lowest BCUT2D eigenvalue weighted by atomic mass is 9.99. The van der Waals surface area contributed by atoms with Crippen molar-refractivity contribution in [2.75, 3.05) is 5.32 Å². The predicted octanol–water partition coefficient (Wildman–Crippen LogP) is 5.42. The van der Waals surface area contributed by atoms with Crippen LogP contribution in [0.5, 0.6) is 0 Å². The van der Waals surface area contributed by atoms with E-state index in [9.17, 15) is 13.2 Å². The number of sulfonamides is 1. The molecule has 1 unspecified atom stereocenters. The maximum atomic E-state index is 13.2. The second kappa shape index (κ2) is 9.18. The third-order valence-corrected chi connectivity index (χ3v) is 8.48. The van der Waals surface area contributed by atoms with Crippen LogP contribution in [0.15, 0.2) is 89.1 Å². The van der Waals surface area contributed by atoms with Gasteiger partial charge in [0, 0.05) is 27.7 Å². The van der Waals surface area contributed by atoms with Crippen LogP contribution in [-0.4, -0.2) is 20.4 Å². The van der Waals surface area contributed by atoms with Crippen molar-refractivity contribution in [1.82, 2.24) is 4.72 Å². The van der Waals surface area contributed by atoms with Crippen molar-refractivity contribution < 1.29 is 13.2 Å². The molecule has 0 fully saturated rings. The largest absolute Gasteiger partial charge is 0.322 e. The molecular weight excluding hydrogens is 464 g/mol. The Morgan fingerprint density at radius 1 is 0.912 bits per heavy atom. The molecule has 0 bridgehead atoms. The topological polar surface area (TPSA) is 75.3 Å². The molecule has 7 heteroatoms. The molecule has 34 heavy (non-hydrogen) atoms. The molecule has 1 atom stereocenters. The van der Waals surface area contributed by atoms with Gasteiger partial charge in [-0.15, -0.1) is 11.3 Å². The molecule has 1 aromatic heterocycles. The molecule has 1 heterocycles. The highest BCUT2D eigenvalue weighted by atomic mass is 32.2. The lowest BCUT2D eigenvalue weighted by Crippen LogP contribution is -2.35. The fourth-order valence-electron chi connectivity index (χ4n) is 4.47. The number of amides is 1. The lowest BCUT2D eigenvalue weighted by molar-refractivity contribution is 0.102. The number of benzene rings is 3. The minimum absolute atomic E-state index is 0.161. The molecule has 2 N–H and O–H groups in total. The first kappa shape index (κ1) is 22.5. The Morgan fingerprint density at radius 3 is 2.47 bits per heavy atom. The minimum atomic E-state index is -3.58. The number of nitrogens with one attached hydrogen (secondary N) is 2. The van der Waals surface area contributed by atoms with Crippen molar-refractivity contribution in [2.24, 2.45) is 0 Å². The fraction of sp³-hybridized carbons (Fsp3) is 0.148. The molecule has 3 aromatic carbocycles. The number of hydrogen-bond acceptors (Lipinski definition) is 4. The lowest BCUT2D eigenvalue weighted by Gasteiger charge is -2.13. The second-order valence-electron chi connectivity index (χ2n) is 8.45. The van der Waals surface area contributed by atoms with Crippen LogP contribution in [0.25, 0.3) is 10.4 Å². The first-order chi connectivity index (χ1) is 16.4. The average Bonchev–Trinajstić information content (AvgIpc) is 3.48. The first-order valence-corrected chi connectivity index (χ1v) is 13.4. The normalized spacial score (nSPS) is 15.1. The monoisotopic (exact) mass is 488 g/mol. The quantitative estimate of drug-likeness (QED) is 0.380. The molecule has 4 aromatic rings. The Hall–Kier alpha value is -3.26.